The first-order valence-electron chi connectivity index (χ1n) is 10.8. The Kier molecular flexibility index (Phi) is 4.18. The quantitative estimate of drug-likeness (QED) is 0.854. The molecule has 1 N–H and O–H groups in total. The van der Waals surface area contributed by atoms with Gasteiger partial charge in [0, 0.05) is 26.2 Å². The summed E-state index contributed by atoms with van der Waals surface area (Å²) in [5, 5.41) is 10.1. The summed E-state index contributed by atoms with van der Waals surface area (Å²) < 4.78 is 0. The van der Waals surface area contributed by atoms with Gasteiger partial charge in [-0.2, -0.15) is 0 Å². The van der Waals surface area contributed by atoms with Crippen LogP contribution in [0.3, 0.4) is 0 Å². The van der Waals surface area contributed by atoms with Crippen LogP contribution in [0, 0.1) is 30.1 Å². The van der Waals surface area contributed by atoms with Gasteiger partial charge < -0.3 is 14.9 Å². The Morgan fingerprint density at radius 2 is 1.46 bits per heavy atom. The molecule has 4 saturated carbocycles. The lowest BCUT2D eigenvalue weighted by Gasteiger charge is -2.57. The standard InChI is InChI=1S/C23H30N2O3/c1-15-2-3-19(20(26)8-15)21(27)24-4-6-25(7-5-24)22(28)23-12-16-9-17(13-23)11-18(10-16)14-23/h2-3,8,16-18,26H,4-7,9-14H2,1H3. The summed E-state index contributed by atoms with van der Waals surface area (Å²) in [5.74, 6) is 2.56. The van der Waals surface area contributed by atoms with Crippen molar-refractivity contribution in [3.05, 3.63) is 29.3 Å². The van der Waals surface area contributed by atoms with Crippen LogP contribution in [-0.4, -0.2) is 52.9 Å². The van der Waals surface area contributed by atoms with E-state index in [1.807, 2.05) is 17.9 Å². The second-order valence-electron chi connectivity index (χ2n) is 9.80. The van der Waals surface area contributed by atoms with E-state index in [1.54, 1.807) is 17.0 Å². The van der Waals surface area contributed by atoms with Crippen molar-refractivity contribution in [2.45, 2.75) is 45.4 Å². The van der Waals surface area contributed by atoms with Crippen molar-refractivity contribution in [1.82, 2.24) is 9.80 Å². The number of phenols is 1. The van der Waals surface area contributed by atoms with Crippen molar-refractivity contribution in [3.8, 4) is 5.75 Å². The van der Waals surface area contributed by atoms with Gasteiger partial charge >= 0.3 is 0 Å². The number of carbonyl (C=O) groups is 2. The number of benzene rings is 1. The molecule has 4 bridgehead atoms. The number of aryl methyl sites for hydroxylation is 1. The summed E-state index contributed by atoms with van der Waals surface area (Å²) in [7, 11) is 0. The molecule has 1 saturated heterocycles. The van der Waals surface area contributed by atoms with Crippen LogP contribution in [0.2, 0.25) is 0 Å². The monoisotopic (exact) mass is 382 g/mol. The van der Waals surface area contributed by atoms with Crippen molar-refractivity contribution < 1.29 is 14.7 Å². The fourth-order valence-electron chi connectivity index (χ4n) is 6.81. The summed E-state index contributed by atoms with van der Waals surface area (Å²) in [6.07, 6.45) is 7.30. The molecular weight excluding hydrogens is 352 g/mol. The van der Waals surface area contributed by atoms with E-state index >= 15 is 0 Å². The highest BCUT2D eigenvalue weighted by Gasteiger charge is 2.55. The first-order chi connectivity index (χ1) is 13.4. The summed E-state index contributed by atoms with van der Waals surface area (Å²) in [5.41, 5.74) is 1.18. The fourth-order valence-corrected chi connectivity index (χ4v) is 6.81. The largest absolute Gasteiger partial charge is 0.507 e. The number of rotatable bonds is 2. The molecule has 5 fully saturated rings. The van der Waals surface area contributed by atoms with E-state index in [1.165, 1.54) is 19.3 Å². The van der Waals surface area contributed by atoms with Crippen LogP contribution >= 0.6 is 0 Å². The Hall–Kier alpha value is -2.04. The molecule has 0 unspecified atom stereocenters. The van der Waals surface area contributed by atoms with Gasteiger partial charge in [-0.05, 0) is 80.9 Å². The van der Waals surface area contributed by atoms with Crippen LogP contribution in [0.15, 0.2) is 18.2 Å². The predicted octanol–water partition coefficient (Wildman–Crippen LogP) is 3.20. The number of nitrogens with zero attached hydrogens (tertiary/aromatic N) is 2. The van der Waals surface area contributed by atoms with Crippen LogP contribution in [0.4, 0.5) is 0 Å². The maximum Gasteiger partial charge on any atom is 0.257 e. The molecule has 1 aromatic carbocycles. The molecule has 0 radical (unpaired) electrons. The van der Waals surface area contributed by atoms with E-state index in [-0.39, 0.29) is 17.1 Å². The van der Waals surface area contributed by atoms with Gasteiger partial charge in [0.1, 0.15) is 5.75 Å². The number of phenolic OH excluding ortho intramolecular Hbond substituents is 1. The Bertz CT molecular complexity index is 775. The fraction of sp³-hybridized carbons (Fsp3) is 0.652. The number of carbonyl (C=O) groups excluding carboxylic acids is 2. The molecule has 1 aliphatic heterocycles. The lowest BCUT2D eigenvalue weighted by atomic mass is 9.49. The highest BCUT2D eigenvalue weighted by Crippen LogP contribution is 2.60. The van der Waals surface area contributed by atoms with Crippen LogP contribution < -0.4 is 0 Å². The molecule has 1 aromatic rings. The Balaban J connectivity index is 1.25. The molecule has 150 valence electrons. The van der Waals surface area contributed by atoms with Crippen LogP contribution in [-0.2, 0) is 4.79 Å². The minimum absolute atomic E-state index is 0.0390. The maximum atomic E-state index is 13.5. The average molecular weight is 383 g/mol. The van der Waals surface area contributed by atoms with Gasteiger partial charge in [-0.15, -0.1) is 0 Å². The van der Waals surface area contributed by atoms with Crippen LogP contribution in [0.1, 0.15) is 54.4 Å². The van der Waals surface area contributed by atoms with Crippen molar-refractivity contribution in [3.63, 3.8) is 0 Å². The molecule has 28 heavy (non-hydrogen) atoms. The van der Waals surface area contributed by atoms with E-state index in [0.29, 0.717) is 37.6 Å². The Morgan fingerprint density at radius 3 is 2.00 bits per heavy atom. The van der Waals surface area contributed by atoms with Gasteiger partial charge in [-0.3, -0.25) is 9.59 Å². The number of piperazine rings is 1. The van der Waals surface area contributed by atoms with Gasteiger partial charge in [0.2, 0.25) is 5.91 Å². The van der Waals surface area contributed by atoms with E-state index in [0.717, 1.165) is 42.6 Å². The van der Waals surface area contributed by atoms with Gasteiger partial charge in [0.05, 0.1) is 11.0 Å². The molecule has 0 aromatic heterocycles. The van der Waals surface area contributed by atoms with Crippen molar-refractivity contribution in [2.24, 2.45) is 23.2 Å². The topological polar surface area (TPSA) is 60.9 Å². The van der Waals surface area contributed by atoms with Crippen molar-refractivity contribution >= 4 is 11.8 Å². The summed E-state index contributed by atoms with van der Waals surface area (Å²) >= 11 is 0. The Labute approximate surface area is 166 Å². The maximum absolute atomic E-state index is 13.5. The molecule has 4 aliphatic carbocycles. The second-order valence-corrected chi connectivity index (χ2v) is 9.80. The third kappa shape index (κ3) is 2.90. The third-order valence-electron chi connectivity index (χ3n) is 7.73. The Morgan fingerprint density at radius 1 is 0.929 bits per heavy atom. The first-order valence-corrected chi connectivity index (χ1v) is 10.8. The minimum atomic E-state index is -0.139. The zero-order valence-corrected chi connectivity index (χ0v) is 16.7. The lowest BCUT2D eigenvalue weighted by molar-refractivity contribution is -0.159. The molecule has 1 heterocycles. The third-order valence-corrected chi connectivity index (χ3v) is 7.73. The van der Waals surface area contributed by atoms with Crippen molar-refractivity contribution in [1.29, 1.82) is 0 Å². The van der Waals surface area contributed by atoms with Crippen LogP contribution in [0.25, 0.3) is 0 Å². The number of hydrogen-bond acceptors (Lipinski definition) is 3. The normalized spacial score (nSPS) is 34.0. The molecular formula is C23H30N2O3. The van der Waals surface area contributed by atoms with Crippen LogP contribution in [0.5, 0.6) is 5.75 Å². The molecule has 0 atom stereocenters. The highest BCUT2D eigenvalue weighted by molar-refractivity contribution is 5.97. The van der Waals surface area contributed by atoms with E-state index in [4.69, 9.17) is 0 Å². The zero-order chi connectivity index (χ0) is 19.5. The highest BCUT2D eigenvalue weighted by atomic mass is 16.3. The molecule has 2 amide bonds. The van der Waals surface area contributed by atoms with Gasteiger partial charge in [-0.1, -0.05) is 6.07 Å². The molecule has 5 aliphatic rings. The number of aromatic hydroxyl groups is 1. The first kappa shape index (κ1) is 18.0. The summed E-state index contributed by atoms with van der Waals surface area (Å²) in [4.78, 5) is 30.1. The number of amides is 2. The summed E-state index contributed by atoms with van der Waals surface area (Å²) in [6, 6.07) is 5.17. The van der Waals surface area contributed by atoms with E-state index < -0.39 is 0 Å². The van der Waals surface area contributed by atoms with E-state index in [9.17, 15) is 14.7 Å². The van der Waals surface area contributed by atoms with E-state index in [2.05, 4.69) is 0 Å². The minimum Gasteiger partial charge on any atom is -0.507 e. The predicted molar refractivity (Wildman–Crippen MR) is 106 cm³/mol. The number of hydrogen-bond donors (Lipinski definition) is 1. The smallest absolute Gasteiger partial charge is 0.257 e. The zero-order valence-electron chi connectivity index (χ0n) is 16.7. The van der Waals surface area contributed by atoms with Gasteiger partial charge in [0.15, 0.2) is 0 Å². The summed E-state index contributed by atoms with van der Waals surface area (Å²) in [6.45, 7) is 4.20. The van der Waals surface area contributed by atoms with Crippen molar-refractivity contribution in [2.75, 3.05) is 26.2 Å². The SMILES string of the molecule is Cc1ccc(C(=O)N2CCN(C(=O)C34CC5CC(CC(C5)C3)C4)CC2)c(O)c1. The molecule has 5 heteroatoms. The average Bonchev–Trinajstić information content (AvgIpc) is 2.66. The molecule has 6 rings (SSSR count). The van der Waals surface area contributed by atoms with Gasteiger partial charge in [0.25, 0.3) is 5.91 Å². The second kappa shape index (κ2) is 6.50. The van der Waals surface area contributed by atoms with Gasteiger partial charge in [-0.25, -0.2) is 0 Å². The lowest BCUT2D eigenvalue weighted by Crippen LogP contribution is -2.58. The molecule has 0 spiro atoms. The molecule has 5 nitrogen and oxygen atoms in total.